The molecule has 0 aliphatic carbocycles. The van der Waals surface area contributed by atoms with Gasteiger partial charge in [-0.25, -0.2) is 8.78 Å². The van der Waals surface area contributed by atoms with Gasteiger partial charge in [-0.2, -0.15) is 39.5 Å². The van der Waals surface area contributed by atoms with Crippen molar-refractivity contribution in [1.29, 1.82) is 0 Å². The topological polar surface area (TPSA) is 18.5 Å². The lowest BCUT2D eigenvalue weighted by Crippen LogP contribution is -2.61. The second kappa shape index (κ2) is 10.1. The van der Waals surface area contributed by atoms with E-state index in [1.165, 1.54) is 12.1 Å². The van der Waals surface area contributed by atoms with Gasteiger partial charge in [-0.05, 0) is 37.0 Å². The first-order valence-corrected chi connectivity index (χ1v) is 9.99. The fourth-order valence-electron chi connectivity index (χ4n) is 2.78. The standard InChI is InChI=1S/C22H19F11O2/c1-4-10(2)12-5-7-13(8-6-12)34-9-20(28,29)22(32,33)21(30,31)19(27)35-18-16(25)14(23)11(3)15(24)17(18)26/h5-8,10,19H,4,9H2,1-3H3. The molecule has 0 aliphatic rings. The van der Waals surface area contributed by atoms with Gasteiger partial charge in [-0.3, -0.25) is 0 Å². The third-order valence-corrected chi connectivity index (χ3v) is 5.31. The zero-order valence-electron chi connectivity index (χ0n) is 18.4. The van der Waals surface area contributed by atoms with Crippen molar-refractivity contribution in [2.24, 2.45) is 0 Å². The maximum absolute atomic E-state index is 14.0. The van der Waals surface area contributed by atoms with Gasteiger partial charge in [0.05, 0.1) is 0 Å². The Balaban J connectivity index is 2.24. The van der Waals surface area contributed by atoms with E-state index in [1.807, 2.05) is 13.8 Å². The van der Waals surface area contributed by atoms with Gasteiger partial charge in [-0.1, -0.05) is 26.0 Å². The Hall–Kier alpha value is -2.73. The molecule has 2 atom stereocenters. The molecule has 13 heteroatoms. The summed E-state index contributed by atoms with van der Waals surface area (Å²) in [5, 5.41) is 0. The van der Waals surface area contributed by atoms with Crippen LogP contribution in [0.3, 0.4) is 0 Å². The third-order valence-electron chi connectivity index (χ3n) is 5.31. The fraction of sp³-hybridized carbons (Fsp3) is 0.455. The van der Waals surface area contributed by atoms with Gasteiger partial charge in [0.25, 0.3) is 0 Å². The van der Waals surface area contributed by atoms with Crippen LogP contribution in [-0.2, 0) is 0 Å². The lowest BCUT2D eigenvalue weighted by Gasteiger charge is -2.34. The molecule has 0 heterocycles. The van der Waals surface area contributed by atoms with Crippen molar-refractivity contribution in [2.45, 2.75) is 57.2 Å². The van der Waals surface area contributed by atoms with Crippen LogP contribution in [0, 0.1) is 30.2 Å². The van der Waals surface area contributed by atoms with E-state index in [9.17, 15) is 48.3 Å². The molecule has 2 aromatic rings. The highest BCUT2D eigenvalue weighted by molar-refractivity contribution is 5.34. The number of hydrogen-bond donors (Lipinski definition) is 0. The van der Waals surface area contributed by atoms with Crippen molar-refractivity contribution >= 4 is 0 Å². The molecule has 0 fully saturated rings. The van der Waals surface area contributed by atoms with Gasteiger partial charge in [0, 0.05) is 5.56 Å². The highest BCUT2D eigenvalue weighted by Gasteiger charge is 2.76. The minimum absolute atomic E-state index is 0.0696. The van der Waals surface area contributed by atoms with Crippen molar-refractivity contribution in [3.05, 3.63) is 58.7 Å². The molecular weight excluding hydrogens is 505 g/mol. The van der Waals surface area contributed by atoms with Crippen LogP contribution in [0.5, 0.6) is 11.5 Å². The third kappa shape index (κ3) is 5.27. The minimum Gasteiger partial charge on any atom is -0.487 e. The summed E-state index contributed by atoms with van der Waals surface area (Å²) in [5.74, 6) is -30.9. The molecule has 0 amide bonds. The predicted octanol–water partition coefficient (Wildman–Crippen LogP) is 7.72. The van der Waals surface area contributed by atoms with Gasteiger partial charge < -0.3 is 9.47 Å². The van der Waals surface area contributed by atoms with Gasteiger partial charge in [0.15, 0.2) is 18.2 Å². The fourth-order valence-corrected chi connectivity index (χ4v) is 2.78. The molecule has 196 valence electrons. The number of hydrogen-bond acceptors (Lipinski definition) is 2. The van der Waals surface area contributed by atoms with E-state index in [4.69, 9.17) is 0 Å². The summed E-state index contributed by atoms with van der Waals surface area (Å²) in [6.45, 7) is 1.89. The lowest BCUT2D eigenvalue weighted by atomic mass is 9.99. The van der Waals surface area contributed by atoms with Crippen molar-refractivity contribution < 1.29 is 57.8 Å². The smallest absolute Gasteiger partial charge is 0.382 e. The number of alkyl halides is 7. The van der Waals surface area contributed by atoms with Crippen LogP contribution in [0.15, 0.2) is 24.3 Å². The monoisotopic (exact) mass is 524 g/mol. The normalized spacial score (nSPS) is 14.6. The highest BCUT2D eigenvalue weighted by atomic mass is 19.3. The Labute approximate surface area is 192 Å². The number of halogens is 11. The maximum atomic E-state index is 14.0. The molecule has 2 rings (SSSR count). The van der Waals surface area contributed by atoms with Crippen LogP contribution in [0.1, 0.15) is 37.3 Å². The molecule has 0 saturated carbocycles. The Kier molecular flexibility index (Phi) is 8.22. The number of benzene rings is 2. The first kappa shape index (κ1) is 28.5. The molecule has 0 bridgehead atoms. The summed E-state index contributed by atoms with van der Waals surface area (Å²) in [5.41, 5.74) is -0.537. The zero-order chi connectivity index (χ0) is 26.9. The van der Waals surface area contributed by atoms with Crippen molar-refractivity contribution in [2.75, 3.05) is 6.61 Å². The van der Waals surface area contributed by atoms with Crippen LogP contribution >= 0.6 is 0 Å². The Bertz CT molecular complexity index is 1010. The molecule has 0 aromatic heterocycles. The van der Waals surface area contributed by atoms with Crippen LogP contribution < -0.4 is 9.47 Å². The number of ether oxygens (including phenoxy) is 2. The molecule has 2 unspecified atom stereocenters. The molecular formula is C22H19F11O2. The van der Waals surface area contributed by atoms with Crippen LogP contribution in [0.25, 0.3) is 0 Å². The van der Waals surface area contributed by atoms with Crippen LogP contribution in [-0.4, -0.2) is 30.7 Å². The second-order valence-electron chi connectivity index (χ2n) is 7.71. The maximum Gasteiger partial charge on any atom is 0.382 e. The molecule has 35 heavy (non-hydrogen) atoms. The van der Waals surface area contributed by atoms with E-state index in [-0.39, 0.29) is 5.92 Å². The van der Waals surface area contributed by atoms with Crippen LogP contribution in [0.4, 0.5) is 48.3 Å². The van der Waals surface area contributed by atoms with Gasteiger partial charge in [0.2, 0.25) is 17.4 Å². The van der Waals surface area contributed by atoms with E-state index >= 15 is 0 Å². The lowest BCUT2D eigenvalue weighted by molar-refractivity contribution is -0.348. The van der Waals surface area contributed by atoms with Crippen molar-refractivity contribution in [1.82, 2.24) is 0 Å². The molecule has 2 aromatic carbocycles. The minimum atomic E-state index is -6.54. The predicted molar refractivity (Wildman–Crippen MR) is 102 cm³/mol. The molecule has 0 radical (unpaired) electrons. The van der Waals surface area contributed by atoms with Crippen molar-refractivity contribution in [3.63, 3.8) is 0 Å². The summed E-state index contributed by atoms with van der Waals surface area (Å²) in [6, 6.07) is 5.12. The molecule has 0 aliphatic heterocycles. The average molecular weight is 524 g/mol. The van der Waals surface area contributed by atoms with Crippen molar-refractivity contribution in [3.8, 4) is 11.5 Å². The summed E-state index contributed by atoms with van der Waals surface area (Å²) >= 11 is 0. The summed E-state index contributed by atoms with van der Waals surface area (Å²) < 4.78 is 160. The quantitative estimate of drug-likeness (QED) is 0.234. The second-order valence-corrected chi connectivity index (χ2v) is 7.71. The summed E-state index contributed by atoms with van der Waals surface area (Å²) in [6.07, 6.45) is -4.12. The summed E-state index contributed by atoms with van der Waals surface area (Å²) in [4.78, 5) is 0. The van der Waals surface area contributed by atoms with Gasteiger partial charge in [-0.15, -0.1) is 0 Å². The van der Waals surface area contributed by atoms with Gasteiger partial charge in [0.1, 0.15) is 5.75 Å². The number of rotatable bonds is 10. The molecule has 0 saturated heterocycles. The Morgan fingerprint density at radius 1 is 0.829 bits per heavy atom. The zero-order valence-corrected chi connectivity index (χ0v) is 18.4. The SMILES string of the molecule is CCC(C)c1ccc(OCC(F)(F)C(F)(F)C(F)(F)C(F)Oc2c(F)c(F)c(C)c(F)c2F)cc1. The summed E-state index contributed by atoms with van der Waals surface area (Å²) in [7, 11) is 0. The van der Waals surface area contributed by atoms with Gasteiger partial charge >= 0.3 is 24.1 Å². The largest absolute Gasteiger partial charge is 0.487 e. The first-order chi connectivity index (χ1) is 16.0. The van der Waals surface area contributed by atoms with E-state index in [1.54, 1.807) is 0 Å². The van der Waals surface area contributed by atoms with E-state index in [0.717, 1.165) is 24.1 Å². The average Bonchev–Trinajstić information content (AvgIpc) is 2.82. The Morgan fingerprint density at radius 3 is 1.77 bits per heavy atom. The van der Waals surface area contributed by atoms with E-state index < -0.39 is 71.1 Å². The highest BCUT2D eigenvalue weighted by Crippen LogP contribution is 2.49. The Morgan fingerprint density at radius 2 is 1.31 bits per heavy atom. The molecule has 0 spiro atoms. The first-order valence-electron chi connectivity index (χ1n) is 9.99. The van der Waals surface area contributed by atoms with E-state index in [0.29, 0.717) is 6.92 Å². The van der Waals surface area contributed by atoms with Crippen LogP contribution in [0.2, 0.25) is 0 Å². The van der Waals surface area contributed by atoms with E-state index in [2.05, 4.69) is 9.47 Å². The molecule has 0 N–H and O–H groups in total. The molecule has 2 nitrogen and oxygen atoms in total.